The van der Waals surface area contributed by atoms with Gasteiger partial charge in [0.15, 0.2) is 5.82 Å². The summed E-state index contributed by atoms with van der Waals surface area (Å²) in [6, 6.07) is 1.05. The van der Waals surface area contributed by atoms with Crippen LogP contribution < -0.4 is 5.32 Å². The van der Waals surface area contributed by atoms with Crippen LogP contribution >= 0.6 is 10.7 Å². The molecule has 0 aliphatic carbocycles. The van der Waals surface area contributed by atoms with Crippen molar-refractivity contribution in [3.63, 3.8) is 0 Å². The Kier molecular flexibility index (Phi) is 4.76. The zero-order valence-electron chi connectivity index (χ0n) is 11.1. The first-order valence-corrected chi connectivity index (χ1v) is 7.94. The van der Waals surface area contributed by atoms with Gasteiger partial charge in [0, 0.05) is 17.2 Å². The van der Waals surface area contributed by atoms with Crippen molar-refractivity contribution >= 4 is 25.6 Å². The fourth-order valence-corrected chi connectivity index (χ4v) is 2.26. The fourth-order valence-electron chi connectivity index (χ4n) is 1.35. The van der Waals surface area contributed by atoms with E-state index < -0.39 is 37.1 Å². The normalized spacial score (nSPS) is 12.3. The lowest BCUT2D eigenvalue weighted by Gasteiger charge is -2.19. The van der Waals surface area contributed by atoms with E-state index in [0.717, 1.165) is 0 Å². The van der Waals surface area contributed by atoms with Crippen LogP contribution in [0.2, 0.25) is 0 Å². The second-order valence-electron chi connectivity index (χ2n) is 5.45. The first-order chi connectivity index (χ1) is 8.92. The summed E-state index contributed by atoms with van der Waals surface area (Å²) in [7, 11) is 0.518. The third-order valence-corrected chi connectivity index (χ3v) is 3.61. The van der Waals surface area contributed by atoms with Gasteiger partial charge in [-0.25, -0.2) is 17.2 Å². The Hall–Kier alpha value is -1.21. The fraction of sp³-hybridized carbons (Fsp3) is 0.417. The largest absolute Gasteiger partial charge is 0.351 e. The summed E-state index contributed by atoms with van der Waals surface area (Å²) < 4.78 is 49.5. The lowest BCUT2D eigenvalue weighted by molar-refractivity contribution is 0.0934. The van der Waals surface area contributed by atoms with Crippen molar-refractivity contribution in [2.45, 2.75) is 25.7 Å². The molecule has 1 aromatic carbocycles. The SMILES string of the molecule is CC(C)(C)CNC(=O)c1cc(F)cc(S(=O)(=O)Cl)c1F. The number of hydrogen-bond donors (Lipinski definition) is 1. The molecule has 0 saturated heterocycles. The van der Waals surface area contributed by atoms with Crippen LogP contribution in [-0.2, 0) is 9.05 Å². The van der Waals surface area contributed by atoms with Crippen LogP contribution in [0.1, 0.15) is 31.1 Å². The molecule has 1 amide bonds. The molecule has 20 heavy (non-hydrogen) atoms. The maximum absolute atomic E-state index is 13.9. The van der Waals surface area contributed by atoms with E-state index in [1.54, 1.807) is 0 Å². The lowest BCUT2D eigenvalue weighted by Crippen LogP contribution is -2.33. The third-order valence-electron chi connectivity index (χ3n) is 2.29. The highest BCUT2D eigenvalue weighted by Gasteiger charge is 2.24. The Morgan fingerprint density at radius 3 is 2.30 bits per heavy atom. The highest BCUT2D eigenvalue weighted by molar-refractivity contribution is 8.13. The zero-order chi connectivity index (χ0) is 15.7. The molecule has 0 atom stereocenters. The number of rotatable bonds is 3. The molecule has 1 rings (SSSR count). The molecule has 4 nitrogen and oxygen atoms in total. The minimum absolute atomic E-state index is 0.213. The quantitative estimate of drug-likeness (QED) is 0.869. The van der Waals surface area contributed by atoms with Crippen molar-refractivity contribution in [3.05, 3.63) is 29.3 Å². The van der Waals surface area contributed by atoms with Gasteiger partial charge in [-0.1, -0.05) is 20.8 Å². The van der Waals surface area contributed by atoms with E-state index in [2.05, 4.69) is 5.32 Å². The molecule has 0 aromatic heterocycles. The summed E-state index contributed by atoms with van der Waals surface area (Å²) >= 11 is 0. The molecule has 0 fully saturated rings. The van der Waals surface area contributed by atoms with Crippen LogP contribution in [0.4, 0.5) is 8.78 Å². The molecule has 0 bridgehead atoms. The van der Waals surface area contributed by atoms with E-state index in [1.807, 2.05) is 20.8 Å². The Balaban J connectivity index is 3.20. The van der Waals surface area contributed by atoms with Crippen molar-refractivity contribution < 1.29 is 22.0 Å². The van der Waals surface area contributed by atoms with Gasteiger partial charge in [0.05, 0.1) is 5.56 Å². The van der Waals surface area contributed by atoms with Crippen LogP contribution in [0.5, 0.6) is 0 Å². The molecule has 1 N–H and O–H groups in total. The number of carbonyl (C=O) groups is 1. The van der Waals surface area contributed by atoms with Crippen molar-refractivity contribution in [2.75, 3.05) is 6.54 Å². The maximum Gasteiger partial charge on any atom is 0.264 e. The number of nitrogens with one attached hydrogen (secondary N) is 1. The van der Waals surface area contributed by atoms with E-state index >= 15 is 0 Å². The lowest BCUT2D eigenvalue weighted by atomic mass is 9.97. The molecule has 0 spiro atoms. The highest BCUT2D eigenvalue weighted by atomic mass is 35.7. The molecular weight excluding hydrogens is 312 g/mol. The van der Waals surface area contributed by atoms with Crippen LogP contribution in [0, 0.1) is 17.0 Å². The predicted molar refractivity (Wildman–Crippen MR) is 71.2 cm³/mol. The topological polar surface area (TPSA) is 63.2 Å². The van der Waals surface area contributed by atoms with Gasteiger partial charge in [-0.05, 0) is 17.5 Å². The summed E-state index contributed by atoms with van der Waals surface area (Å²) in [5.74, 6) is -3.34. The minimum atomic E-state index is -4.48. The van der Waals surface area contributed by atoms with Gasteiger partial charge < -0.3 is 5.32 Å². The molecule has 0 saturated carbocycles. The summed E-state index contributed by atoms with van der Waals surface area (Å²) in [5.41, 5.74) is -0.964. The summed E-state index contributed by atoms with van der Waals surface area (Å²) in [4.78, 5) is 10.7. The predicted octanol–water partition coefficient (Wildman–Crippen LogP) is 2.67. The zero-order valence-corrected chi connectivity index (χ0v) is 12.7. The smallest absolute Gasteiger partial charge is 0.264 e. The van der Waals surface area contributed by atoms with Gasteiger partial charge in [0.25, 0.3) is 15.0 Å². The van der Waals surface area contributed by atoms with Gasteiger partial charge in [-0.15, -0.1) is 0 Å². The number of benzene rings is 1. The molecule has 8 heteroatoms. The van der Waals surface area contributed by atoms with E-state index in [1.165, 1.54) is 0 Å². The van der Waals surface area contributed by atoms with Crippen molar-refractivity contribution in [1.29, 1.82) is 0 Å². The minimum Gasteiger partial charge on any atom is -0.351 e. The molecule has 0 unspecified atom stereocenters. The Morgan fingerprint density at radius 1 is 1.30 bits per heavy atom. The van der Waals surface area contributed by atoms with Gasteiger partial charge in [-0.3, -0.25) is 4.79 Å². The Morgan fingerprint density at radius 2 is 1.85 bits per heavy atom. The standard InChI is InChI=1S/C12H14ClF2NO3S/c1-12(2,3)6-16-11(17)8-4-7(14)5-9(10(8)15)20(13,18)19/h4-5H,6H2,1-3H3,(H,16,17). The van der Waals surface area contributed by atoms with E-state index in [4.69, 9.17) is 10.7 Å². The van der Waals surface area contributed by atoms with Crippen LogP contribution in [0.3, 0.4) is 0 Å². The monoisotopic (exact) mass is 325 g/mol. The summed E-state index contributed by atoms with van der Waals surface area (Å²) in [6.07, 6.45) is 0. The molecule has 112 valence electrons. The average molecular weight is 326 g/mol. The highest BCUT2D eigenvalue weighted by Crippen LogP contribution is 2.23. The van der Waals surface area contributed by atoms with E-state index in [0.29, 0.717) is 12.1 Å². The van der Waals surface area contributed by atoms with E-state index in [9.17, 15) is 22.0 Å². The van der Waals surface area contributed by atoms with Gasteiger partial charge in [0.2, 0.25) is 0 Å². The van der Waals surface area contributed by atoms with E-state index in [-0.39, 0.29) is 12.0 Å². The number of amides is 1. The van der Waals surface area contributed by atoms with Crippen molar-refractivity contribution in [1.82, 2.24) is 5.32 Å². The summed E-state index contributed by atoms with van der Waals surface area (Å²) in [6.45, 7) is 5.72. The van der Waals surface area contributed by atoms with Crippen molar-refractivity contribution in [3.8, 4) is 0 Å². The molecule has 0 heterocycles. The molecule has 1 aromatic rings. The first-order valence-electron chi connectivity index (χ1n) is 5.64. The number of halogens is 3. The molecule has 0 aliphatic heterocycles. The first kappa shape index (κ1) is 16.8. The Labute approximate surface area is 120 Å². The van der Waals surface area contributed by atoms with Crippen LogP contribution in [0.15, 0.2) is 17.0 Å². The number of carbonyl (C=O) groups excluding carboxylic acids is 1. The maximum atomic E-state index is 13.9. The third kappa shape index (κ3) is 4.42. The van der Waals surface area contributed by atoms with Crippen LogP contribution in [0.25, 0.3) is 0 Å². The second-order valence-corrected chi connectivity index (χ2v) is 7.98. The second kappa shape index (κ2) is 5.65. The van der Waals surface area contributed by atoms with Gasteiger partial charge in [-0.2, -0.15) is 0 Å². The molecule has 0 radical (unpaired) electrons. The molecule has 0 aliphatic rings. The Bertz CT molecular complexity index is 639. The van der Waals surface area contributed by atoms with Gasteiger partial charge in [0.1, 0.15) is 10.7 Å². The van der Waals surface area contributed by atoms with Gasteiger partial charge >= 0.3 is 0 Å². The average Bonchev–Trinajstić information content (AvgIpc) is 2.26. The summed E-state index contributed by atoms with van der Waals surface area (Å²) in [5, 5.41) is 2.40. The number of hydrogen-bond acceptors (Lipinski definition) is 3. The molecular formula is C12H14ClF2NO3S. The van der Waals surface area contributed by atoms with Crippen molar-refractivity contribution in [2.24, 2.45) is 5.41 Å². The van der Waals surface area contributed by atoms with Crippen LogP contribution in [-0.4, -0.2) is 20.9 Å².